The minimum Gasteiger partial charge on any atom is -0.449 e. The Hall–Kier alpha value is 0.0500. The fraction of sp³-hybridized carbons (Fsp3) is 0.200. The molecule has 0 fully saturated rings. The van der Waals surface area contributed by atoms with Crippen LogP contribution < -0.4 is 0 Å². The number of furan rings is 1. The van der Waals surface area contributed by atoms with Crippen molar-refractivity contribution in [3.8, 4) is 0 Å². The molecule has 0 saturated heterocycles. The fourth-order valence-corrected chi connectivity index (χ4v) is 1.03. The topological polar surface area (TPSA) is 13.1 Å². The first kappa shape index (κ1) is 6.17. The van der Waals surface area contributed by atoms with Gasteiger partial charge in [-0.2, -0.15) is 0 Å². The predicted molar refractivity (Wildman–Crippen MR) is 36.2 cm³/mol. The van der Waals surface area contributed by atoms with E-state index in [0.29, 0.717) is 5.22 Å². The van der Waals surface area contributed by atoms with Gasteiger partial charge in [0.05, 0.1) is 4.47 Å². The van der Waals surface area contributed by atoms with Crippen LogP contribution in [0.2, 0.25) is 5.22 Å². The SMILES string of the molecule is Cc1cc(Br)c(Cl)o1. The van der Waals surface area contributed by atoms with Crippen molar-refractivity contribution >= 4 is 27.5 Å². The minimum atomic E-state index is 0.419. The van der Waals surface area contributed by atoms with Crippen molar-refractivity contribution in [1.82, 2.24) is 0 Å². The summed E-state index contributed by atoms with van der Waals surface area (Å²) in [6, 6.07) is 1.82. The van der Waals surface area contributed by atoms with Gasteiger partial charge < -0.3 is 4.42 Å². The first-order valence-corrected chi connectivity index (χ1v) is 3.28. The van der Waals surface area contributed by atoms with Crippen LogP contribution in [-0.4, -0.2) is 0 Å². The third kappa shape index (κ3) is 1.06. The zero-order valence-electron chi connectivity index (χ0n) is 4.24. The van der Waals surface area contributed by atoms with Crippen molar-refractivity contribution in [3.63, 3.8) is 0 Å². The molecule has 1 nitrogen and oxygen atoms in total. The second-order valence-electron chi connectivity index (χ2n) is 1.48. The molecule has 1 rings (SSSR count). The molecular weight excluding hydrogens is 191 g/mol. The lowest BCUT2D eigenvalue weighted by Gasteiger charge is -1.75. The molecule has 0 aromatic carbocycles. The highest BCUT2D eigenvalue weighted by atomic mass is 79.9. The Morgan fingerprint density at radius 1 is 1.75 bits per heavy atom. The van der Waals surface area contributed by atoms with E-state index in [2.05, 4.69) is 15.9 Å². The van der Waals surface area contributed by atoms with Gasteiger partial charge in [-0.3, -0.25) is 0 Å². The molecule has 1 aromatic heterocycles. The number of halogens is 2. The summed E-state index contributed by atoms with van der Waals surface area (Å²) < 4.78 is 5.75. The Morgan fingerprint density at radius 2 is 2.38 bits per heavy atom. The van der Waals surface area contributed by atoms with Crippen LogP contribution in [0.4, 0.5) is 0 Å². The second kappa shape index (κ2) is 2.11. The van der Waals surface area contributed by atoms with E-state index in [9.17, 15) is 0 Å². The average Bonchev–Trinajstić information content (AvgIpc) is 1.85. The van der Waals surface area contributed by atoms with Crippen LogP contribution in [0, 0.1) is 6.92 Å². The van der Waals surface area contributed by atoms with Crippen molar-refractivity contribution in [2.75, 3.05) is 0 Å². The van der Waals surface area contributed by atoms with Gasteiger partial charge in [0.2, 0.25) is 5.22 Å². The van der Waals surface area contributed by atoms with Crippen LogP contribution in [0.15, 0.2) is 15.0 Å². The van der Waals surface area contributed by atoms with Crippen LogP contribution in [-0.2, 0) is 0 Å². The molecule has 0 bridgehead atoms. The molecule has 0 spiro atoms. The molecule has 0 aliphatic carbocycles. The van der Waals surface area contributed by atoms with Gasteiger partial charge in [0.25, 0.3) is 0 Å². The summed E-state index contributed by atoms with van der Waals surface area (Å²) in [6.07, 6.45) is 0. The van der Waals surface area contributed by atoms with E-state index in [0.717, 1.165) is 10.2 Å². The maximum atomic E-state index is 5.52. The number of aryl methyl sites for hydroxylation is 1. The van der Waals surface area contributed by atoms with Gasteiger partial charge in [0, 0.05) is 0 Å². The van der Waals surface area contributed by atoms with E-state index >= 15 is 0 Å². The lowest BCUT2D eigenvalue weighted by atomic mass is 10.5. The van der Waals surface area contributed by atoms with Crippen molar-refractivity contribution in [3.05, 3.63) is 21.5 Å². The summed E-state index contributed by atoms with van der Waals surface area (Å²) in [5.41, 5.74) is 0. The highest BCUT2D eigenvalue weighted by molar-refractivity contribution is 9.10. The van der Waals surface area contributed by atoms with E-state index in [4.69, 9.17) is 16.0 Å². The highest BCUT2D eigenvalue weighted by Gasteiger charge is 1.99. The molecule has 0 N–H and O–H groups in total. The zero-order valence-corrected chi connectivity index (χ0v) is 6.58. The molecule has 0 amide bonds. The third-order valence-electron chi connectivity index (χ3n) is 0.768. The number of rotatable bonds is 0. The molecule has 0 aliphatic heterocycles. The molecule has 3 heteroatoms. The Balaban J connectivity index is 3.14. The van der Waals surface area contributed by atoms with Crippen molar-refractivity contribution < 1.29 is 4.42 Å². The molecule has 0 atom stereocenters. The van der Waals surface area contributed by atoms with Gasteiger partial charge in [0.15, 0.2) is 0 Å². The predicted octanol–water partition coefficient (Wildman–Crippen LogP) is 3.00. The van der Waals surface area contributed by atoms with Gasteiger partial charge in [0.1, 0.15) is 5.76 Å². The molecule has 1 heterocycles. The minimum absolute atomic E-state index is 0.419. The monoisotopic (exact) mass is 194 g/mol. The van der Waals surface area contributed by atoms with Crippen LogP contribution in [0.25, 0.3) is 0 Å². The number of hydrogen-bond donors (Lipinski definition) is 0. The molecule has 44 valence electrons. The summed E-state index contributed by atoms with van der Waals surface area (Å²) in [5.74, 6) is 0.821. The van der Waals surface area contributed by atoms with E-state index in [1.54, 1.807) is 0 Å². The molecule has 0 saturated carbocycles. The molecule has 0 radical (unpaired) electrons. The van der Waals surface area contributed by atoms with Crippen LogP contribution in [0.5, 0.6) is 0 Å². The Labute approximate surface area is 60.8 Å². The highest BCUT2D eigenvalue weighted by Crippen LogP contribution is 2.25. The van der Waals surface area contributed by atoms with E-state index in [1.807, 2.05) is 13.0 Å². The molecule has 1 aromatic rings. The smallest absolute Gasteiger partial charge is 0.207 e. The van der Waals surface area contributed by atoms with Gasteiger partial charge in [-0.25, -0.2) is 0 Å². The molecular formula is C5H4BrClO. The standard InChI is InChI=1S/C5H4BrClO/c1-3-2-4(6)5(7)8-3/h2H,1H3. The maximum absolute atomic E-state index is 5.52. The molecule has 0 unspecified atom stereocenters. The summed E-state index contributed by atoms with van der Waals surface area (Å²) in [4.78, 5) is 0. The van der Waals surface area contributed by atoms with Crippen LogP contribution >= 0.6 is 27.5 Å². The van der Waals surface area contributed by atoms with Crippen molar-refractivity contribution in [2.24, 2.45) is 0 Å². The molecule has 0 aliphatic rings. The quantitative estimate of drug-likeness (QED) is 0.620. The van der Waals surface area contributed by atoms with E-state index < -0.39 is 0 Å². The van der Waals surface area contributed by atoms with Crippen molar-refractivity contribution in [2.45, 2.75) is 6.92 Å². The van der Waals surface area contributed by atoms with E-state index in [-0.39, 0.29) is 0 Å². The van der Waals surface area contributed by atoms with Gasteiger partial charge >= 0.3 is 0 Å². The fourth-order valence-electron chi connectivity index (χ4n) is 0.455. The van der Waals surface area contributed by atoms with E-state index in [1.165, 1.54) is 0 Å². The molecule has 8 heavy (non-hydrogen) atoms. The third-order valence-corrected chi connectivity index (χ3v) is 1.87. The second-order valence-corrected chi connectivity index (χ2v) is 2.68. The lowest BCUT2D eigenvalue weighted by molar-refractivity contribution is 0.535. The van der Waals surface area contributed by atoms with Crippen molar-refractivity contribution in [1.29, 1.82) is 0 Å². The summed E-state index contributed by atoms with van der Waals surface area (Å²) in [5, 5.41) is 0.419. The van der Waals surface area contributed by atoms with Gasteiger partial charge in [-0.15, -0.1) is 0 Å². The largest absolute Gasteiger partial charge is 0.449 e. The summed E-state index contributed by atoms with van der Waals surface area (Å²) in [7, 11) is 0. The van der Waals surface area contributed by atoms with Gasteiger partial charge in [-0.05, 0) is 40.5 Å². The average molecular weight is 195 g/mol. The zero-order chi connectivity index (χ0) is 6.15. The number of hydrogen-bond acceptors (Lipinski definition) is 1. The first-order valence-electron chi connectivity index (χ1n) is 2.11. The van der Waals surface area contributed by atoms with Crippen LogP contribution in [0.1, 0.15) is 5.76 Å². The maximum Gasteiger partial charge on any atom is 0.207 e. The Bertz CT molecular complexity index is 175. The first-order chi connectivity index (χ1) is 3.70. The van der Waals surface area contributed by atoms with Gasteiger partial charge in [-0.1, -0.05) is 0 Å². The lowest BCUT2D eigenvalue weighted by Crippen LogP contribution is -1.50. The normalized spacial score (nSPS) is 9.88. The summed E-state index contributed by atoms with van der Waals surface area (Å²) >= 11 is 8.71. The van der Waals surface area contributed by atoms with Crippen LogP contribution in [0.3, 0.4) is 0 Å². The Morgan fingerprint density at radius 3 is 2.50 bits per heavy atom. The Kier molecular flexibility index (Phi) is 1.63. The summed E-state index contributed by atoms with van der Waals surface area (Å²) in [6.45, 7) is 1.84.